The maximum absolute atomic E-state index is 12.4. The second-order valence-corrected chi connectivity index (χ2v) is 4.61. The molecule has 0 atom stereocenters. The van der Waals surface area contributed by atoms with Gasteiger partial charge in [0.15, 0.2) is 5.76 Å². The van der Waals surface area contributed by atoms with E-state index < -0.39 is 17.6 Å². The Morgan fingerprint density at radius 2 is 1.67 bits per heavy atom. The average molecular weight is 280 g/mol. The Balaban J connectivity index is 1.92. The molecule has 0 spiro atoms. The van der Waals surface area contributed by atoms with Crippen LogP contribution in [0.3, 0.4) is 0 Å². The highest BCUT2D eigenvalue weighted by Gasteiger charge is 2.39. The Morgan fingerprint density at radius 3 is 2.33 bits per heavy atom. The fourth-order valence-electron chi connectivity index (χ4n) is 2.23. The summed E-state index contributed by atoms with van der Waals surface area (Å²) in [5, 5.41) is 9.98. The molecule has 2 amide bonds. The summed E-state index contributed by atoms with van der Waals surface area (Å²) in [5.74, 6) is -1.71. The van der Waals surface area contributed by atoms with Crippen LogP contribution in [0.25, 0.3) is 5.57 Å². The Labute approximate surface area is 121 Å². The molecule has 1 aliphatic heterocycles. The van der Waals surface area contributed by atoms with E-state index >= 15 is 0 Å². The van der Waals surface area contributed by atoms with Crippen molar-refractivity contribution in [2.24, 2.45) is 0 Å². The lowest BCUT2D eigenvalue weighted by molar-refractivity contribution is -0.138. The van der Waals surface area contributed by atoms with E-state index in [1.807, 2.05) is 0 Å². The molecular formula is C16H12N2O3. The maximum atomic E-state index is 12.4. The van der Waals surface area contributed by atoms with E-state index in [4.69, 9.17) is 0 Å². The molecule has 5 heteroatoms. The highest BCUT2D eigenvalue weighted by atomic mass is 16.3. The second kappa shape index (κ2) is 5.20. The SMILES string of the molecule is O=C1C(O)=C(c2ccccc2)C(=O)N1Cc1ccccn1. The maximum Gasteiger partial charge on any atom is 0.296 e. The van der Waals surface area contributed by atoms with Gasteiger partial charge in [-0.15, -0.1) is 0 Å². The molecule has 0 unspecified atom stereocenters. The summed E-state index contributed by atoms with van der Waals surface area (Å²) < 4.78 is 0. The standard InChI is InChI=1S/C16H12N2O3/c19-14-13(11-6-2-1-3-7-11)15(20)18(16(14)21)10-12-8-4-5-9-17-12/h1-9,19H,10H2. The van der Waals surface area contributed by atoms with Crippen LogP contribution < -0.4 is 0 Å². The molecule has 21 heavy (non-hydrogen) atoms. The van der Waals surface area contributed by atoms with E-state index in [-0.39, 0.29) is 12.1 Å². The summed E-state index contributed by atoms with van der Waals surface area (Å²) in [6.45, 7) is 0.0406. The molecular weight excluding hydrogens is 268 g/mol. The van der Waals surface area contributed by atoms with Gasteiger partial charge in [-0.05, 0) is 17.7 Å². The number of imide groups is 1. The number of carbonyl (C=O) groups is 2. The zero-order chi connectivity index (χ0) is 14.8. The molecule has 0 radical (unpaired) electrons. The summed E-state index contributed by atoms with van der Waals surface area (Å²) in [6.07, 6.45) is 1.59. The first kappa shape index (κ1) is 13.1. The van der Waals surface area contributed by atoms with Gasteiger partial charge in [-0.1, -0.05) is 36.4 Å². The van der Waals surface area contributed by atoms with Crippen LogP contribution in [0.15, 0.2) is 60.5 Å². The van der Waals surface area contributed by atoms with Crippen molar-refractivity contribution < 1.29 is 14.7 Å². The van der Waals surface area contributed by atoms with E-state index in [1.54, 1.807) is 54.7 Å². The third-order valence-electron chi connectivity index (χ3n) is 3.25. The van der Waals surface area contributed by atoms with Crippen molar-refractivity contribution in [3.8, 4) is 0 Å². The number of rotatable bonds is 3. The summed E-state index contributed by atoms with van der Waals surface area (Å²) >= 11 is 0. The molecule has 1 aromatic carbocycles. The largest absolute Gasteiger partial charge is 0.502 e. The first-order valence-corrected chi connectivity index (χ1v) is 6.43. The molecule has 0 aliphatic carbocycles. The number of carbonyl (C=O) groups excluding carboxylic acids is 2. The molecule has 0 saturated carbocycles. The lowest BCUT2D eigenvalue weighted by Gasteiger charge is -2.13. The first-order valence-electron chi connectivity index (χ1n) is 6.43. The number of aliphatic hydroxyl groups excluding tert-OH is 1. The van der Waals surface area contributed by atoms with E-state index in [9.17, 15) is 14.7 Å². The Morgan fingerprint density at radius 1 is 0.952 bits per heavy atom. The van der Waals surface area contributed by atoms with Gasteiger partial charge in [-0.3, -0.25) is 19.5 Å². The zero-order valence-corrected chi connectivity index (χ0v) is 11.1. The van der Waals surface area contributed by atoms with E-state index in [1.165, 1.54) is 0 Å². The molecule has 3 rings (SSSR count). The van der Waals surface area contributed by atoms with Crippen molar-refractivity contribution in [3.05, 3.63) is 71.7 Å². The van der Waals surface area contributed by atoms with Crippen LogP contribution in [0.1, 0.15) is 11.3 Å². The molecule has 104 valence electrons. The zero-order valence-electron chi connectivity index (χ0n) is 11.1. The average Bonchev–Trinajstić information content (AvgIpc) is 2.73. The van der Waals surface area contributed by atoms with Crippen molar-refractivity contribution in [1.82, 2.24) is 9.88 Å². The third kappa shape index (κ3) is 2.29. The van der Waals surface area contributed by atoms with Gasteiger partial charge in [-0.25, -0.2) is 0 Å². The Bertz CT molecular complexity index is 724. The summed E-state index contributed by atoms with van der Waals surface area (Å²) in [7, 11) is 0. The van der Waals surface area contributed by atoms with E-state index in [2.05, 4.69) is 4.98 Å². The van der Waals surface area contributed by atoms with Gasteiger partial charge >= 0.3 is 0 Å². The van der Waals surface area contributed by atoms with Gasteiger partial charge in [-0.2, -0.15) is 0 Å². The number of hydrogen-bond donors (Lipinski definition) is 1. The smallest absolute Gasteiger partial charge is 0.296 e. The summed E-state index contributed by atoms with van der Waals surface area (Å²) in [5.41, 5.74) is 1.15. The predicted molar refractivity (Wildman–Crippen MR) is 75.8 cm³/mol. The molecule has 0 bridgehead atoms. The van der Waals surface area contributed by atoms with Gasteiger partial charge in [0.2, 0.25) is 0 Å². The highest BCUT2D eigenvalue weighted by Crippen LogP contribution is 2.28. The van der Waals surface area contributed by atoms with Crippen molar-refractivity contribution in [1.29, 1.82) is 0 Å². The van der Waals surface area contributed by atoms with Gasteiger partial charge in [0.25, 0.3) is 11.8 Å². The van der Waals surface area contributed by atoms with Crippen LogP contribution in [0.4, 0.5) is 0 Å². The van der Waals surface area contributed by atoms with Crippen LogP contribution in [-0.4, -0.2) is 26.8 Å². The number of amides is 2. The first-order chi connectivity index (χ1) is 10.2. The van der Waals surface area contributed by atoms with Crippen molar-refractivity contribution in [3.63, 3.8) is 0 Å². The monoisotopic (exact) mass is 280 g/mol. The Hall–Kier alpha value is -2.95. The van der Waals surface area contributed by atoms with Crippen LogP contribution in [0.2, 0.25) is 0 Å². The van der Waals surface area contributed by atoms with E-state index in [0.29, 0.717) is 11.3 Å². The minimum absolute atomic E-state index is 0.0385. The number of aromatic nitrogens is 1. The predicted octanol–water partition coefficient (Wildman–Crippen LogP) is 1.92. The number of benzene rings is 1. The molecule has 1 aromatic heterocycles. The lowest BCUT2D eigenvalue weighted by atomic mass is 10.1. The van der Waals surface area contributed by atoms with Gasteiger partial charge in [0.1, 0.15) is 0 Å². The van der Waals surface area contributed by atoms with Crippen molar-refractivity contribution in [2.45, 2.75) is 6.54 Å². The van der Waals surface area contributed by atoms with Crippen LogP contribution in [-0.2, 0) is 16.1 Å². The quantitative estimate of drug-likeness (QED) is 0.872. The minimum atomic E-state index is -0.690. The minimum Gasteiger partial charge on any atom is -0.502 e. The van der Waals surface area contributed by atoms with Gasteiger partial charge in [0.05, 0.1) is 17.8 Å². The molecule has 1 aliphatic rings. The third-order valence-corrected chi connectivity index (χ3v) is 3.25. The van der Waals surface area contributed by atoms with Crippen LogP contribution >= 0.6 is 0 Å². The molecule has 0 saturated heterocycles. The van der Waals surface area contributed by atoms with Crippen molar-refractivity contribution in [2.75, 3.05) is 0 Å². The molecule has 0 fully saturated rings. The molecule has 2 heterocycles. The normalized spacial score (nSPS) is 15.0. The summed E-state index contributed by atoms with van der Waals surface area (Å²) in [6, 6.07) is 13.9. The second-order valence-electron chi connectivity index (χ2n) is 4.61. The van der Waals surface area contributed by atoms with Gasteiger partial charge in [0, 0.05) is 6.20 Å². The lowest BCUT2D eigenvalue weighted by Crippen LogP contribution is -2.31. The molecule has 5 nitrogen and oxygen atoms in total. The number of pyridine rings is 1. The topological polar surface area (TPSA) is 70.5 Å². The number of nitrogens with zero attached hydrogens (tertiary/aromatic N) is 2. The Kier molecular flexibility index (Phi) is 3.23. The van der Waals surface area contributed by atoms with Gasteiger partial charge < -0.3 is 5.11 Å². The van der Waals surface area contributed by atoms with Crippen LogP contribution in [0.5, 0.6) is 0 Å². The highest BCUT2D eigenvalue weighted by molar-refractivity contribution is 6.34. The van der Waals surface area contributed by atoms with E-state index in [0.717, 1.165) is 4.90 Å². The number of hydrogen-bond acceptors (Lipinski definition) is 4. The summed E-state index contributed by atoms with van der Waals surface area (Å²) in [4.78, 5) is 29.6. The van der Waals surface area contributed by atoms with Crippen molar-refractivity contribution >= 4 is 17.4 Å². The molecule has 1 N–H and O–H groups in total. The number of aliphatic hydroxyl groups is 1. The van der Waals surface area contributed by atoms with Crippen LogP contribution in [0, 0.1) is 0 Å². The molecule has 2 aromatic rings. The fourth-order valence-corrected chi connectivity index (χ4v) is 2.23. The fraction of sp³-hybridized carbons (Fsp3) is 0.0625.